The molecule has 0 atom stereocenters. The molecule has 0 aromatic carbocycles. The van der Waals surface area contributed by atoms with E-state index in [2.05, 4.69) is 0 Å². The van der Waals surface area contributed by atoms with Gasteiger partial charge < -0.3 is 10.5 Å². The molecule has 0 radical (unpaired) electrons. The molecule has 1 aliphatic carbocycles. The fourth-order valence-electron chi connectivity index (χ4n) is 1.47. The highest BCUT2D eigenvalue weighted by Gasteiger charge is 2.12. The molecule has 0 aliphatic heterocycles. The normalized spacial score (nSPS) is 21.3. The van der Waals surface area contributed by atoms with Gasteiger partial charge in [-0.25, -0.2) is 0 Å². The summed E-state index contributed by atoms with van der Waals surface area (Å²) < 4.78 is 5.51. The van der Waals surface area contributed by atoms with Crippen LogP contribution in [0.2, 0.25) is 0 Å². The molecular formula is C8H17NO. The minimum absolute atomic E-state index is 0.525. The lowest BCUT2D eigenvalue weighted by Gasteiger charge is -2.21. The molecule has 1 rings (SSSR count). The highest BCUT2D eigenvalue weighted by Crippen LogP contribution is 2.19. The molecular weight excluding hydrogens is 126 g/mol. The first-order valence-electron chi connectivity index (χ1n) is 4.25. The minimum atomic E-state index is 0.525. The van der Waals surface area contributed by atoms with E-state index in [1.54, 1.807) is 0 Å². The fraction of sp³-hybridized carbons (Fsp3) is 1.00. The van der Waals surface area contributed by atoms with Gasteiger partial charge in [0.2, 0.25) is 0 Å². The summed E-state index contributed by atoms with van der Waals surface area (Å²) in [5, 5.41) is 0. The fourth-order valence-corrected chi connectivity index (χ4v) is 1.47. The Hall–Kier alpha value is -0.0800. The summed E-state index contributed by atoms with van der Waals surface area (Å²) in [6.45, 7) is 1.40. The predicted octanol–water partition coefficient (Wildman–Crippen LogP) is 1.29. The summed E-state index contributed by atoms with van der Waals surface area (Å²) in [4.78, 5) is 0. The van der Waals surface area contributed by atoms with Crippen LogP contribution in [0.5, 0.6) is 0 Å². The van der Waals surface area contributed by atoms with Gasteiger partial charge in [0.05, 0.1) is 12.7 Å². The van der Waals surface area contributed by atoms with Crippen molar-refractivity contribution in [2.45, 2.75) is 38.2 Å². The van der Waals surface area contributed by atoms with E-state index >= 15 is 0 Å². The van der Waals surface area contributed by atoms with Crippen LogP contribution in [0.1, 0.15) is 32.1 Å². The number of nitrogens with two attached hydrogens (primary N) is 1. The molecule has 1 fully saturated rings. The van der Waals surface area contributed by atoms with E-state index in [0.29, 0.717) is 12.6 Å². The van der Waals surface area contributed by atoms with Gasteiger partial charge in [0.15, 0.2) is 0 Å². The summed E-state index contributed by atoms with van der Waals surface area (Å²) in [6, 6.07) is 0. The third kappa shape index (κ3) is 2.67. The van der Waals surface area contributed by atoms with Crippen molar-refractivity contribution in [3.8, 4) is 0 Å². The second-order valence-electron chi connectivity index (χ2n) is 2.92. The van der Waals surface area contributed by atoms with Gasteiger partial charge in [-0.3, -0.25) is 0 Å². The summed E-state index contributed by atoms with van der Waals surface area (Å²) in [6.07, 6.45) is 7.10. The van der Waals surface area contributed by atoms with Crippen LogP contribution in [0.4, 0.5) is 0 Å². The molecule has 2 N–H and O–H groups in total. The maximum absolute atomic E-state index is 5.51. The highest BCUT2D eigenvalue weighted by molar-refractivity contribution is 4.64. The van der Waals surface area contributed by atoms with Crippen LogP contribution in [0, 0.1) is 0 Å². The minimum Gasteiger partial charge on any atom is -0.377 e. The number of hydrogen-bond donors (Lipinski definition) is 1. The summed E-state index contributed by atoms with van der Waals surface area (Å²) in [5.74, 6) is 0. The Balaban J connectivity index is 2.02. The molecule has 0 unspecified atom stereocenters. The number of rotatable bonds is 3. The van der Waals surface area contributed by atoms with E-state index in [0.717, 1.165) is 6.61 Å². The Kier molecular flexibility index (Phi) is 3.76. The van der Waals surface area contributed by atoms with Crippen LogP contribution in [-0.2, 0) is 4.74 Å². The molecule has 0 bridgehead atoms. The Morgan fingerprint density at radius 3 is 2.50 bits per heavy atom. The van der Waals surface area contributed by atoms with Crippen molar-refractivity contribution in [1.82, 2.24) is 0 Å². The smallest absolute Gasteiger partial charge is 0.0592 e. The van der Waals surface area contributed by atoms with Gasteiger partial charge in [0.1, 0.15) is 0 Å². The monoisotopic (exact) mass is 143 g/mol. The average Bonchev–Trinajstić information content (AvgIpc) is 2.03. The first-order chi connectivity index (χ1) is 4.93. The summed E-state index contributed by atoms with van der Waals surface area (Å²) in [5.41, 5.74) is 5.32. The van der Waals surface area contributed by atoms with Crippen molar-refractivity contribution in [3.63, 3.8) is 0 Å². The van der Waals surface area contributed by atoms with Gasteiger partial charge in [-0.15, -0.1) is 0 Å². The number of hydrogen-bond acceptors (Lipinski definition) is 2. The topological polar surface area (TPSA) is 35.2 Å². The zero-order valence-corrected chi connectivity index (χ0v) is 6.51. The van der Waals surface area contributed by atoms with E-state index in [4.69, 9.17) is 10.5 Å². The van der Waals surface area contributed by atoms with Crippen LogP contribution in [-0.4, -0.2) is 19.3 Å². The maximum Gasteiger partial charge on any atom is 0.0592 e. The van der Waals surface area contributed by atoms with Gasteiger partial charge in [-0.05, 0) is 12.8 Å². The molecule has 10 heavy (non-hydrogen) atoms. The third-order valence-corrected chi connectivity index (χ3v) is 2.02. The average molecular weight is 143 g/mol. The Morgan fingerprint density at radius 2 is 1.90 bits per heavy atom. The van der Waals surface area contributed by atoms with Crippen molar-refractivity contribution < 1.29 is 4.74 Å². The van der Waals surface area contributed by atoms with E-state index in [1.807, 2.05) is 0 Å². The largest absolute Gasteiger partial charge is 0.377 e. The summed E-state index contributed by atoms with van der Waals surface area (Å²) >= 11 is 0. The molecule has 60 valence electrons. The van der Waals surface area contributed by atoms with Gasteiger partial charge in [-0.2, -0.15) is 0 Å². The summed E-state index contributed by atoms with van der Waals surface area (Å²) in [7, 11) is 0. The Morgan fingerprint density at radius 1 is 1.20 bits per heavy atom. The molecule has 1 aliphatic rings. The number of ether oxygens (including phenoxy) is 1. The first-order valence-corrected chi connectivity index (χ1v) is 4.25. The lowest BCUT2D eigenvalue weighted by molar-refractivity contribution is 0.0333. The first kappa shape index (κ1) is 8.02. The molecule has 0 spiro atoms. The van der Waals surface area contributed by atoms with Gasteiger partial charge in [0, 0.05) is 6.54 Å². The quantitative estimate of drug-likeness (QED) is 0.646. The van der Waals surface area contributed by atoms with Crippen molar-refractivity contribution in [2.24, 2.45) is 5.73 Å². The molecule has 0 aromatic rings. The molecule has 0 saturated heterocycles. The molecule has 0 aromatic heterocycles. The zero-order valence-electron chi connectivity index (χ0n) is 6.51. The van der Waals surface area contributed by atoms with E-state index in [1.165, 1.54) is 32.1 Å². The van der Waals surface area contributed by atoms with Crippen molar-refractivity contribution >= 4 is 0 Å². The van der Waals surface area contributed by atoms with Crippen molar-refractivity contribution in [2.75, 3.05) is 13.2 Å². The SMILES string of the molecule is NCCOC1CCCCC1. The lowest BCUT2D eigenvalue weighted by Crippen LogP contribution is -2.20. The standard InChI is InChI=1S/C8H17NO/c9-6-7-10-8-4-2-1-3-5-8/h8H,1-7,9H2. The van der Waals surface area contributed by atoms with Crippen LogP contribution < -0.4 is 5.73 Å². The molecule has 0 heterocycles. The van der Waals surface area contributed by atoms with E-state index < -0.39 is 0 Å². The molecule has 1 saturated carbocycles. The molecule has 2 nitrogen and oxygen atoms in total. The van der Waals surface area contributed by atoms with Crippen molar-refractivity contribution in [3.05, 3.63) is 0 Å². The predicted molar refractivity (Wildman–Crippen MR) is 41.9 cm³/mol. The third-order valence-electron chi connectivity index (χ3n) is 2.02. The van der Waals surface area contributed by atoms with E-state index in [-0.39, 0.29) is 0 Å². The lowest BCUT2D eigenvalue weighted by atomic mass is 9.98. The van der Waals surface area contributed by atoms with Gasteiger partial charge >= 0.3 is 0 Å². The highest BCUT2D eigenvalue weighted by atomic mass is 16.5. The Bertz CT molecular complexity index is 79.3. The van der Waals surface area contributed by atoms with Crippen LogP contribution in [0.15, 0.2) is 0 Å². The van der Waals surface area contributed by atoms with E-state index in [9.17, 15) is 0 Å². The van der Waals surface area contributed by atoms with Crippen LogP contribution in [0.3, 0.4) is 0 Å². The second-order valence-corrected chi connectivity index (χ2v) is 2.92. The molecule has 2 heteroatoms. The second kappa shape index (κ2) is 4.69. The maximum atomic E-state index is 5.51. The Labute approximate surface area is 62.7 Å². The van der Waals surface area contributed by atoms with Crippen LogP contribution in [0.25, 0.3) is 0 Å². The van der Waals surface area contributed by atoms with Crippen molar-refractivity contribution in [1.29, 1.82) is 0 Å². The molecule has 0 amide bonds. The van der Waals surface area contributed by atoms with Crippen LogP contribution >= 0.6 is 0 Å². The van der Waals surface area contributed by atoms with Gasteiger partial charge in [-0.1, -0.05) is 19.3 Å². The zero-order chi connectivity index (χ0) is 7.23. The van der Waals surface area contributed by atoms with Gasteiger partial charge in [0.25, 0.3) is 0 Å².